The van der Waals surface area contributed by atoms with Crippen molar-refractivity contribution >= 4 is 14.3 Å². The summed E-state index contributed by atoms with van der Waals surface area (Å²) in [6, 6.07) is 0. The predicted molar refractivity (Wildman–Crippen MR) is 127 cm³/mol. The maximum atomic E-state index is 10.2. The number of carboxylic acid groups (broad SMARTS) is 1. The minimum absolute atomic E-state index is 0.216. The van der Waals surface area contributed by atoms with E-state index in [1.54, 1.807) is 0 Å². The van der Waals surface area contributed by atoms with E-state index < -0.39 is 14.3 Å². The molecule has 0 heterocycles. The fourth-order valence-corrected chi connectivity index (χ4v) is 3.08. The number of hydrogen-bond acceptors (Lipinski definition) is 9. The highest BCUT2D eigenvalue weighted by atomic mass is 28.4. The van der Waals surface area contributed by atoms with Gasteiger partial charge in [-0.05, 0) is 18.1 Å². The summed E-state index contributed by atoms with van der Waals surface area (Å²) in [5.41, 5.74) is 0. The Labute approximate surface area is 200 Å². The summed E-state index contributed by atoms with van der Waals surface area (Å²) in [5.74, 6) is -0.989. The van der Waals surface area contributed by atoms with Gasteiger partial charge < -0.3 is 42.7 Å². The SMILES string of the molecule is CC(C)(C)[Si](C)(C)OCCOCCOCCOCCOCCOCCOCCOCC(=O)O. The molecule has 0 aromatic carbocycles. The minimum atomic E-state index is -1.69. The second-order valence-corrected chi connectivity index (χ2v) is 13.5. The molecule has 0 aromatic rings. The molecule has 0 saturated heterocycles. The average Bonchev–Trinajstić information content (AvgIpc) is 2.73. The van der Waals surface area contributed by atoms with E-state index in [0.29, 0.717) is 85.9 Å². The molecule has 0 atom stereocenters. The Balaban J connectivity index is 3.17. The van der Waals surface area contributed by atoms with Gasteiger partial charge in [0, 0.05) is 0 Å². The second kappa shape index (κ2) is 20.7. The summed E-state index contributed by atoms with van der Waals surface area (Å²) in [5, 5.41) is 8.61. The molecule has 0 aliphatic rings. The molecule has 0 saturated carbocycles. The van der Waals surface area contributed by atoms with Crippen molar-refractivity contribution in [2.45, 2.75) is 38.9 Å². The molecule has 0 aromatic heterocycles. The van der Waals surface area contributed by atoms with Crippen LogP contribution in [-0.2, 0) is 42.4 Å². The first-order valence-corrected chi connectivity index (χ1v) is 14.5. The molecule has 198 valence electrons. The third kappa shape index (κ3) is 21.6. The van der Waals surface area contributed by atoms with E-state index in [1.165, 1.54) is 0 Å². The van der Waals surface area contributed by atoms with E-state index in [4.69, 9.17) is 42.7 Å². The van der Waals surface area contributed by atoms with Crippen LogP contribution < -0.4 is 0 Å². The number of carboxylic acids is 1. The van der Waals surface area contributed by atoms with Crippen molar-refractivity contribution in [3.05, 3.63) is 0 Å². The van der Waals surface area contributed by atoms with E-state index in [2.05, 4.69) is 33.9 Å². The van der Waals surface area contributed by atoms with Gasteiger partial charge >= 0.3 is 5.97 Å². The van der Waals surface area contributed by atoms with Gasteiger partial charge in [0.25, 0.3) is 0 Å². The second-order valence-electron chi connectivity index (χ2n) is 8.73. The van der Waals surface area contributed by atoms with Crippen molar-refractivity contribution in [1.82, 2.24) is 0 Å². The van der Waals surface area contributed by atoms with Gasteiger partial charge in [-0.3, -0.25) is 0 Å². The van der Waals surface area contributed by atoms with Crippen molar-refractivity contribution in [3.63, 3.8) is 0 Å². The highest BCUT2D eigenvalue weighted by Gasteiger charge is 2.36. The maximum absolute atomic E-state index is 10.2. The molecule has 11 heteroatoms. The molecular formula is C22H46O10Si. The Hall–Kier alpha value is -0.633. The molecule has 0 aliphatic heterocycles. The molecule has 0 bridgehead atoms. The highest BCUT2D eigenvalue weighted by Crippen LogP contribution is 2.36. The molecule has 10 nitrogen and oxygen atoms in total. The van der Waals surface area contributed by atoms with Crippen LogP contribution in [0, 0.1) is 0 Å². The lowest BCUT2D eigenvalue weighted by Gasteiger charge is -2.36. The monoisotopic (exact) mass is 498 g/mol. The van der Waals surface area contributed by atoms with Gasteiger partial charge in [0.15, 0.2) is 8.32 Å². The van der Waals surface area contributed by atoms with Gasteiger partial charge in [0.1, 0.15) is 6.61 Å². The number of rotatable bonds is 24. The minimum Gasteiger partial charge on any atom is -0.480 e. The molecular weight excluding hydrogens is 452 g/mol. The van der Waals surface area contributed by atoms with Crippen LogP contribution in [-0.4, -0.2) is 118 Å². The topological polar surface area (TPSA) is 111 Å². The van der Waals surface area contributed by atoms with Crippen LogP contribution in [0.3, 0.4) is 0 Å². The average molecular weight is 499 g/mol. The standard InChI is InChI=1S/C22H46O10Si/c1-22(2,3)33(4,5)32-19-18-30-15-14-28-11-10-26-7-6-25-8-9-27-12-13-29-16-17-31-20-21(23)24/h6-20H2,1-5H3,(H,23,24). The third-order valence-electron chi connectivity index (χ3n) is 4.95. The zero-order valence-corrected chi connectivity index (χ0v) is 22.2. The number of carbonyl (C=O) groups is 1. The molecule has 0 radical (unpaired) electrons. The van der Waals surface area contributed by atoms with E-state index in [-0.39, 0.29) is 18.3 Å². The molecule has 0 fully saturated rings. The zero-order valence-electron chi connectivity index (χ0n) is 21.2. The van der Waals surface area contributed by atoms with Crippen LogP contribution in [0.2, 0.25) is 18.1 Å². The first-order chi connectivity index (χ1) is 15.7. The number of hydrogen-bond donors (Lipinski definition) is 1. The summed E-state index contributed by atoms with van der Waals surface area (Å²) in [7, 11) is -1.69. The largest absolute Gasteiger partial charge is 0.480 e. The van der Waals surface area contributed by atoms with Gasteiger partial charge in [0.2, 0.25) is 0 Å². The number of ether oxygens (including phenoxy) is 7. The van der Waals surface area contributed by atoms with Crippen molar-refractivity contribution in [2.24, 2.45) is 0 Å². The van der Waals surface area contributed by atoms with Crippen LogP contribution in [0.5, 0.6) is 0 Å². The Morgan fingerprint density at radius 3 is 1.12 bits per heavy atom. The van der Waals surface area contributed by atoms with Gasteiger partial charge in [-0.2, -0.15) is 0 Å². The lowest BCUT2D eigenvalue weighted by Crippen LogP contribution is -2.41. The number of aliphatic carboxylic acids is 1. The zero-order chi connectivity index (χ0) is 24.8. The summed E-state index contributed by atoms with van der Waals surface area (Å²) < 4.78 is 43.3. The van der Waals surface area contributed by atoms with Gasteiger partial charge in [0.05, 0.1) is 92.5 Å². The fourth-order valence-electron chi connectivity index (χ4n) is 2.05. The van der Waals surface area contributed by atoms with E-state index in [0.717, 1.165) is 0 Å². The fraction of sp³-hybridized carbons (Fsp3) is 0.955. The summed E-state index contributed by atoms with van der Waals surface area (Å²) in [6.45, 7) is 17.6. The Kier molecular flexibility index (Phi) is 20.3. The smallest absolute Gasteiger partial charge is 0.329 e. The molecule has 0 aliphatic carbocycles. The predicted octanol–water partition coefficient (Wildman–Crippen LogP) is 2.21. The Morgan fingerprint density at radius 2 is 0.848 bits per heavy atom. The maximum Gasteiger partial charge on any atom is 0.329 e. The highest BCUT2D eigenvalue weighted by molar-refractivity contribution is 6.74. The van der Waals surface area contributed by atoms with Crippen molar-refractivity contribution in [1.29, 1.82) is 0 Å². The van der Waals surface area contributed by atoms with Crippen LogP contribution in [0.15, 0.2) is 0 Å². The normalized spacial score (nSPS) is 12.4. The van der Waals surface area contributed by atoms with Gasteiger partial charge in [-0.1, -0.05) is 20.8 Å². The van der Waals surface area contributed by atoms with Gasteiger partial charge in [-0.15, -0.1) is 0 Å². The third-order valence-corrected chi connectivity index (χ3v) is 9.49. The molecule has 33 heavy (non-hydrogen) atoms. The summed E-state index contributed by atoms with van der Waals surface area (Å²) >= 11 is 0. The van der Waals surface area contributed by atoms with Crippen molar-refractivity contribution < 1.29 is 47.5 Å². The summed E-state index contributed by atoms with van der Waals surface area (Å²) in [6.07, 6.45) is 0. The van der Waals surface area contributed by atoms with Gasteiger partial charge in [-0.25, -0.2) is 4.79 Å². The molecule has 0 amide bonds. The molecule has 1 N–H and O–H groups in total. The van der Waals surface area contributed by atoms with E-state index in [9.17, 15) is 4.79 Å². The lowest BCUT2D eigenvalue weighted by molar-refractivity contribution is -0.142. The lowest BCUT2D eigenvalue weighted by atomic mass is 10.2. The summed E-state index contributed by atoms with van der Waals surface area (Å²) in [4.78, 5) is 10.2. The van der Waals surface area contributed by atoms with Crippen LogP contribution in [0.25, 0.3) is 0 Å². The van der Waals surface area contributed by atoms with E-state index in [1.807, 2.05) is 0 Å². The van der Waals surface area contributed by atoms with Crippen LogP contribution >= 0.6 is 0 Å². The van der Waals surface area contributed by atoms with E-state index >= 15 is 0 Å². The first-order valence-electron chi connectivity index (χ1n) is 11.6. The molecule has 0 spiro atoms. The Morgan fingerprint density at radius 1 is 0.576 bits per heavy atom. The molecule has 0 rings (SSSR count). The first kappa shape index (κ1) is 32.4. The van der Waals surface area contributed by atoms with Crippen molar-refractivity contribution in [3.8, 4) is 0 Å². The van der Waals surface area contributed by atoms with Crippen LogP contribution in [0.4, 0.5) is 0 Å². The van der Waals surface area contributed by atoms with Crippen molar-refractivity contribution in [2.75, 3.05) is 99.1 Å². The Bertz CT molecular complexity index is 457. The van der Waals surface area contributed by atoms with Crippen LogP contribution in [0.1, 0.15) is 20.8 Å². The quantitative estimate of drug-likeness (QED) is 0.157. The molecule has 0 unspecified atom stereocenters.